The Labute approximate surface area is 610 Å². The van der Waals surface area contributed by atoms with Gasteiger partial charge in [0, 0.05) is 99.5 Å². The van der Waals surface area contributed by atoms with Crippen molar-refractivity contribution in [3.63, 3.8) is 0 Å². The molecular weight excluding hydrogens is 1270 g/mol. The number of nitrogens with zero attached hydrogens (tertiary/aromatic N) is 6. The quantitative estimate of drug-likeness (QED) is 0.142. The summed E-state index contributed by atoms with van der Waals surface area (Å²) < 4.78 is 9.98. The molecule has 0 atom stereocenters. The average Bonchev–Trinajstić information content (AvgIpc) is 0.736. The van der Waals surface area contributed by atoms with E-state index in [1.807, 2.05) is 0 Å². The normalized spacial score (nSPS) is 13.0. The monoisotopic (exact) mass is 1340 g/mol. The molecule has 0 amide bonds. The second kappa shape index (κ2) is 22.8. The molecule has 0 saturated carbocycles. The van der Waals surface area contributed by atoms with Crippen molar-refractivity contribution in [1.29, 1.82) is 0 Å². The van der Waals surface area contributed by atoms with E-state index in [0.29, 0.717) is 0 Å². The molecule has 7 heteroatoms. The van der Waals surface area contributed by atoms with Crippen LogP contribution in [0.4, 0.5) is 34.1 Å². The van der Waals surface area contributed by atoms with Crippen LogP contribution in [0.15, 0.2) is 334 Å². The molecule has 0 aliphatic carbocycles. The Bertz CT molecular complexity index is 6240. The Kier molecular flexibility index (Phi) is 13.2. The topological polar surface area (TPSA) is 26.2 Å². The highest BCUT2D eigenvalue weighted by Crippen LogP contribution is 2.53. The van der Waals surface area contributed by atoms with Gasteiger partial charge in [0.05, 0.1) is 66.9 Å². The molecule has 105 heavy (non-hydrogen) atoms. The highest BCUT2D eigenvalue weighted by atomic mass is 15.2. The summed E-state index contributed by atoms with van der Waals surface area (Å²) in [6.45, 7) is 13.9. The lowest BCUT2D eigenvalue weighted by molar-refractivity contribution is 0.590. The largest absolute Gasteiger partial charge is 0.311 e. The summed E-state index contributed by atoms with van der Waals surface area (Å²) in [5.41, 5.74) is 30.9. The number of fused-ring (bicyclic) bond motifs is 16. The van der Waals surface area contributed by atoms with E-state index in [1.54, 1.807) is 0 Å². The van der Waals surface area contributed by atoms with Gasteiger partial charge in [0.2, 0.25) is 0 Å². The second-order valence-corrected chi connectivity index (χ2v) is 30.8. The molecule has 6 nitrogen and oxygen atoms in total. The number of anilines is 6. The predicted octanol–water partition coefficient (Wildman–Crippen LogP) is 24.1. The van der Waals surface area contributed by atoms with Crippen LogP contribution in [0.5, 0.6) is 0 Å². The zero-order valence-corrected chi connectivity index (χ0v) is 59.5. The van der Waals surface area contributed by atoms with Crippen molar-refractivity contribution >= 4 is 144 Å². The van der Waals surface area contributed by atoms with E-state index in [1.165, 1.54) is 115 Å². The summed E-state index contributed by atoms with van der Waals surface area (Å²) in [7, 11) is 0. The molecule has 2 aliphatic heterocycles. The number of hydrogen-bond acceptors (Lipinski definition) is 2. The van der Waals surface area contributed by atoms with Gasteiger partial charge in [0.25, 0.3) is 6.71 Å². The molecule has 21 rings (SSSR count). The minimum absolute atomic E-state index is 0.213. The minimum atomic E-state index is -0.216. The van der Waals surface area contributed by atoms with E-state index < -0.39 is 0 Å². The molecule has 0 unspecified atom stereocenters. The van der Waals surface area contributed by atoms with Crippen molar-refractivity contribution in [2.75, 3.05) is 9.80 Å². The molecule has 0 N–H and O–H groups in total. The molecule has 0 radical (unpaired) electrons. The van der Waals surface area contributed by atoms with E-state index in [0.717, 1.165) is 79.1 Å². The van der Waals surface area contributed by atoms with E-state index >= 15 is 0 Å². The Morgan fingerprint density at radius 3 is 0.790 bits per heavy atom. The van der Waals surface area contributed by atoms with Gasteiger partial charge in [-0.15, -0.1) is 0 Å². The predicted molar refractivity (Wildman–Crippen MR) is 446 cm³/mol. The lowest BCUT2D eigenvalue weighted by Gasteiger charge is -2.45. The number of benzene rings is 15. The van der Waals surface area contributed by atoms with Crippen LogP contribution in [0.2, 0.25) is 0 Å². The molecule has 15 aromatic carbocycles. The molecule has 2 aliphatic rings. The van der Waals surface area contributed by atoms with Gasteiger partial charge < -0.3 is 28.1 Å². The summed E-state index contributed by atoms with van der Waals surface area (Å²) in [6, 6.07) is 126. The van der Waals surface area contributed by atoms with Crippen molar-refractivity contribution < 1.29 is 0 Å². The van der Waals surface area contributed by atoms with Gasteiger partial charge in [-0.3, -0.25) is 0 Å². The van der Waals surface area contributed by atoms with Gasteiger partial charge in [0.15, 0.2) is 0 Å². The summed E-state index contributed by atoms with van der Waals surface area (Å²) in [5, 5.41) is 9.84. The van der Waals surface area contributed by atoms with Crippen LogP contribution in [-0.2, 0) is 10.8 Å². The molecule has 0 bridgehead atoms. The first kappa shape index (κ1) is 60.9. The SMILES string of the molecule is CC(C)(C)c1ccc(-c2ccccc2-n2c3ccccc3c3ccccc32)c(N2c3cc(-n4c5ccccc5c5ccccc54)ccc3B3c4ccc(-n5c6ccccc6c6ccccc65)cc4N(c4cc(C(C)(C)C)ccc4-c4ccccc4-n4c5ccccc5c5ccccc54)c4cccc2c43)c1. The van der Waals surface area contributed by atoms with Crippen LogP contribution in [0, 0.1) is 0 Å². The standard InChI is InChI=1S/C98H73BN6/c1-97(2,3)62-50-54-76(74-36-15-25-46-88(74)102-84-42-21-11-32-70(84)71-33-12-22-43-85(71)102)92(58-62)104-90-48-27-49-91-96(90)99(78-56-52-64(60-94(78)104)100-80-38-17-7-28-66(80)67-29-8-18-39-81(67)100)79-57-53-65(101-82-40-19-9-30-68(82)69-31-10-20-41-83(69)101)61-95(79)105(91)93-59-63(98(4,5)6)51-55-77(93)75-37-16-26-47-89(75)103-86-44-23-13-34-72(86)73-35-14-24-45-87(73)103/h7-61H,1-6H3. The second-order valence-electron chi connectivity index (χ2n) is 30.8. The van der Waals surface area contributed by atoms with Gasteiger partial charge in [-0.25, -0.2) is 0 Å². The van der Waals surface area contributed by atoms with Crippen LogP contribution >= 0.6 is 0 Å². The van der Waals surface area contributed by atoms with Crippen LogP contribution in [-0.4, -0.2) is 25.0 Å². The third kappa shape index (κ3) is 9.04. The molecule has 19 aromatic rings. The molecule has 4 aromatic heterocycles. The third-order valence-electron chi connectivity index (χ3n) is 22.9. The van der Waals surface area contributed by atoms with Crippen molar-refractivity contribution in [3.8, 4) is 45.0 Å². The lowest BCUT2D eigenvalue weighted by atomic mass is 9.33. The first-order valence-electron chi connectivity index (χ1n) is 36.9. The Morgan fingerprint density at radius 2 is 0.476 bits per heavy atom. The van der Waals surface area contributed by atoms with Crippen molar-refractivity contribution in [1.82, 2.24) is 18.3 Å². The maximum Gasteiger partial charge on any atom is 0.252 e. The number of para-hydroxylation sites is 10. The number of rotatable bonds is 8. The fourth-order valence-electron chi connectivity index (χ4n) is 18.1. The van der Waals surface area contributed by atoms with Crippen molar-refractivity contribution in [3.05, 3.63) is 345 Å². The zero-order chi connectivity index (χ0) is 70.1. The van der Waals surface area contributed by atoms with E-state index in [2.05, 4.69) is 403 Å². The molecule has 0 spiro atoms. The summed E-state index contributed by atoms with van der Waals surface area (Å²) >= 11 is 0. The van der Waals surface area contributed by atoms with Gasteiger partial charge in [-0.1, -0.05) is 266 Å². The summed E-state index contributed by atoms with van der Waals surface area (Å²) in [5.74, 6) is 0. The first-order valence-corrected chi connectivity index (χ1v) is 36.9. The molecule has 0 saturated heterocycles. The molecule has 498 valence electrons. The van der Waals surface area contributed by atoms with Gasteiger partial charge >= 0.3 is 0 Å². The highest BCUT2D eigenvalue weighted by Gasteiger charge is 2.45. The molecule has 6 heterocycles. The average molecular weight is 1350 g/mol. The maximum atomic E-state index is 2.68. The molecular formula is C98H73BN6. The van der Waals surface area contributed by atoms with Crippen molar-refractivity contribution in [2.45, 2.75) is 52.4 Å². The van der Waals surface area contributed by atoms with Crippen LogP contribution in [0.1, 0.15) is 52.7 Å². The van der Waals surface area contributed by atoms with Gasteiger partial charge in [-0.05, 0) is 148 Å². The van der Waals surface area contributed by atoms with Crippen molar-refractivity contribution in [2.24, 2.45) is 0 Å². The zero-order valence-electron chi connectivity index (χ0n) is 59.5. The van der Waals surface area contributed by atoms with E-state index in [-0.39, 0.29) is 17.5 Å². The molecule has 0 fully saturated rings. The summed E-state index contributed by atoms with van der Waals surface area (Å²) in [6.07, 6.45) is 0. The maximum absolute atomic E-state index is 2.68. The Morgan fingerprint density at radius 1 is 0.210 bits per heavy atom. The summed E-state index contributed by atoms with van der Waals surface area (Å²) in [4.78, 5) is 5.35. The lowest BCUT2D eigenvalue weighted by Crippen LogP contribution is -2.61. The third-order valence-corrected chi connectivity index (χ3v) is 22.9. The smallest absolute Gasteiger partial charge is 0.252 e. The highest BCUT2D eigenvalue weighted by molar-refractivity contribution is 7.00. The van der Waals surface area contributed by atoms with E-state index in [4.69, 9.17) is 0 Å². The fraction of sp³-hybridized carbons (Fsp3) is 0.0816. The van der Waals surface area contributed by atoms with Crippen LogP contribution in [0.3, 0.4) is 0 Å². The Hall–Kier alpha value is -12.8. The number of aromatic nitrogens is 4. The Balaban J connectivity index is 0.885. The van der Waals surface area contributed by atoms with Crippen LogP contribution in [0.25, 0.3) is 132 Å². The van der Waals surface area contributed by atoms with Crippen LogP contribution < -0.4 is 26.2 Å². The number of hydrogen-bond donors (Lipinski definition) is 0. The first-order chi connectivity index (χ1) is 51.4. The van der Waals surface area contributed by atoms with Gasteiger partial charge in [-0.2, -0.15) is 0 Å². The van der Waals surface area contributed by atoms with Gasteiger partial charge in [0.1, 0.15) is 0 Å². The fourth-order valence-corrected chi connectivity index (χ4v) is 18.1. The minimum Gasteiger partial charge on any atom is -0.311 e. The van der Waals surface area contributed by atoms with E-state index in [9.17, 15) is 0 Å².